The second kappa shape index (κ2) is 20.8. The van der Waals surface area contributed by atoms with E-state index in [1.54, 1.807) is 11.8 Å². The van der Waals surface area contributed by atoms with Crippen molar-refractivity contribution in [2.45, 2.75) is 128 Å². The molecule has 0 aliphatic carbocycles. The lowest BCUT2D eigenvalue weighted by Crippen LogP contribution is -2.07. The summed E-state index contributed by atoms with van der Waals surface area (Å²) in [4.78, 5) is 12.3. The van der Waals surface area contributed by atoms with Gasteiger partial charge in [0.1, 0.15) is 0 Å². The zero-order chi connectivity index (χ0) is 18.6. The predicted molar refractivity (Wildman–Crippen MR) is 120 cm³/mol. The molecule has 0 rings (SSSR count). The summed E-state index contributed by atoms with van der Waals surface area (Å²) in [5, 5.41) is 2.12. The number of carbonyl (C=O) groups is 1. The van der Waals surface area contributed by atoms with Gasteiger partial charge in [0.25, 0.3) is 0 Å². The number of alkyl halides is 1. The zero-order valence-electron chi connectivity index (χ0n) is 17.0. The van der Waals surface area contributed by atoms with Gasteiger partial charge in [-0.25, -0.2) is 0 Å². The van der Waals surface area contributed by atoms with Crippen LogP contribution in [0.1, 0.15) is 123 Å². The van der Waals surface area contributed by atoms with E-state index >= 15 is 0 Å². The predicted octanol–water partition coefficient (Wildman–Crippen LogP) is 8.68. The van der Waals surface area contributed by atoms with Gasteiger partial charge in [-0.1, -0.05) is 119 Å². The van der Waals surface area contributed by atoms with Crippen LogP contribution in [0.25, 0.3) is 0 Å². The SMILES string of the molecule is CCCCCCCCC(CCCCCC)SC(=O)CCCCCCBr. The fourth-order valence-electron chi connectivity index (χ4n) is 3.18. The van der Waals surface area contributed by atoms with Crippen molar-refractivity contribution in [3.63, 3.8) is 0 Å². The first-order chi connectivity index (χ1) is 12.2. The molecular formula is C22H43BrOS. The van der Waals surface area contributed by atoms with Crippen LogP contribution in [0.5, 0.6) is 0 Å². The molecule has 25 heavy (non-hydrogen) atoms. The summed E-state index contributed by atoms with van der Waals surface area (Å²) in [5.74, 6) is 0. The standard InChI is InChI=1S/C22H43BrOS/c1-3-5-7-9-10-14-18-21(17-13-8-6-4-2)25-22(24)19-15-11-12-16-20-23/h21H,3-20H2,1-2H3. The third-order valence-corrected chi connectivity index (χ3v) is 6.65. The second-order valence-electron chi connectivity index (χ2n) is 7.37. The van der Waals surface area contributed by atoms with Crippen LogP contribution in [0.3, 0.4) is 0 Å². The van der Waals surface area contributed by atoms with Crippen molar-refractivity contribution in [2.24, 2.45) is 0 Å². The Morgan fingerprint density at radius 1 is 0.720 bits per heavy atom. The number of thioether (sulfide) groups is 1. The first-order valence-electron chi connectivity index (χ1n) is 11.0. The average molecular weight is 436 g/mol. The third-order valence-electron chi connectivity index (χ3n) is 4.82. The average Bonchev–Trinajstić information content (AvgIpc) is 2.61. The Labute approximate surface area is 171 Å². The van der Waals surface area contributed by atoms with Gasteiger partial charge >= 0.3 is 0 Å². The van der Waals surface area contributed by atoms with Crippen LogP contribution in [0.2, 0.25) is 0 Å². The van der Waals surface area contributed by atoms with E-state index in [0.717, 1.165) is 18.2 Å². The summed E-state index contributed by atoms with van der Waals surface area (Å²) in [6.45, 7) is 4.54. The number of hydrogen-bond donors (Lipinski definition) is 0. The Bertz CT molecular complexity index is 283. The Morgan fingerprint density at radius 2 is 1.20 bits per heavy atom. The Balaban J connectivity index is 3.95. The molecule has 0 saturated carbocycles. The van der Waals surface area contributed by atoms with Crippen molar-refractivity contribution in [3.05, 3.63) is 0 Å². The largest absolute Gasteiger partial charge is 0.287 e. The maximum atomic E-state index is 12.3. The van der Waals surface area contributed by atoms with E-state index in [4.69, 9.17) is 0 Å². The highest BCUT2D eigenvalue weighted by Crippen LogP contribution is 2.26. The molecule has 0 fully saturated rings. The van der Waals surface area contributed by atoms with Crippen LogP contribution in [-0.4, -0.2) is 15.7 Å². The molecule has 1 unspecified atom stereocenters. The molecule has 0 aliphatic rings. The molecule has 0 aromatic heterocycles. The molecule has 1 nitrogen and oxygen atoms in total. The lowest BCUT2D eigenvalue weighted by atomic mass is 10.0. The van der Waals surface area contributed by atoms with Gasteiger partial charge in [0.15, 0.2) is 5.12 Å². The summed E-state index contributed by atoms with van der Waals surface area (Å²) >= 11 is 5.16. The monoisotopic (exact) mass is 434 g/mol. The Hall–Kier alpha value is 0.500. The first kappa shape index (κ1) is 25.5. The number of carbonyl (C=O) groups excluding carboxylic acids is 1. The van der Waals surface area contributed by atoms with Crippen LogP contribution in [0, 0.1) is 0 Å². The number of hydrogen-bond acceptors (Lipinski definition) is 2. The molecule has 0 aromatic carbocycles. The fraction of sp³-hybridized carbons (Fsp3) is 0.955. The second-order valence-corrected chi connectivity index (χ2v) is 9.52. The quantitative estimate of drug-likeness (QED) is 0.149. The van der Waals surface area contributed by atoms with Crippen molar-refractivity contribution in [3.8, 4) is 0 Å². The smallest absolute Gasteiger partial charge is 0.189 e. The molecule has 0 N–H and O–H groups in total. The Morgan fingerprint density at radius 3 is 1.80 bits per heavy atom. The third kappa shape index (κ3) is 19.1. The summed E-state index contributed by atoms with van der Waals surface area (Å²) in [6.07, 6.45) is 21.5. The zero-order valence-corrected chi connectivity index (χ0v) is 19.4. The molecule has 150 valence electrons. The Kier molecular flexibility index (Phi) is 21.2. The molecule has 3 heteroatoms. The number of unbranched alkanes of at least 4 members (excludes halogenated alkanes) is 11. The van der Waals surface area contributed by atoms with Crippen molar-refractivity contribution in [1.29, 1.82) is 0 Å². The fourth-order valence-corrected chi connectivity index (χ4v) is 4.78. The molecule has 0 aliphatic heterocycles. The van der Waals surface area contributed by atoms with E-state index in [1.807, 2.05) is 0 Å². The van der Waals surface area contributed by atoms with E-state index in [9.17, 15) is 4.79 Å². The highest BCUT2D eigenvalue weighted by Gasteiger charge is 2.14. The highest BCUT2D eigenvalue weighted by atomic mass is 79.9. The van der Waals surface area contributed by atoms with Crippen molar-refractivity contribution >= 4 is 32.8 Å². The van der Waals surface area contributed by atoms with Crippen LogP contribution in [0.4, 0.5) is 0 Å². The maximum Gasteiger partial charge on any atom is 0.189 e. The van der Waals surface area contributed by atoms with Crippen molar-refractivity contribution in [2.75, 3.05) is 5.33 Å². The minimum absolute atomic E-state index is 0.449. The van der Waals surface area contributed by atoms with Crippen LogP contribution < -0.4 is 0 Å². The van der Waals surface area contributed by atoms with Crippen molar-refractivity contribution < 1.29 is 4.79 Å². The minimum atomic E-state index is 0.449. The molecule has 0 saturated heterocycles. The highest BCUT2D eigenvalue weighted by molar-refractivity contribution is 9.09. The van der Waals surface area contributed by atoms with E-state index < -0.39 is 0 Å². The topological polar surface area (TPSA) is 17.1 Å². The summed E-state index contributed by atoms with van der Waals surface area (Å²) in [7, 11) is 0. The molecule has 0 amide bonds. The van der Waals surface area contributed by atoms with E-state index in [2.05, 4.69) is 29.8 Å². The molecule has 0 bridgehead atoms. The van der Waals surface area contributed by atoms with E-state index in [1.165, 1.54) is 96.3 Å². The summed E-state index contributed by atoms with van der Waals surface area (Å²) in [5.41, 5.74) is 0. The molecule has 0 aromatic rings. The van der Waals surface area contributed by atoms with Gasteiger partial charge in [0, 0.05) is 17.0 Å². The summed E-state index contributed by atoms with van der Waals surface area (Å²) < 4.78 is 0. The van der Waals surface area contributed by atoms with Gasteiger partial charge in [-0.2, -0.15) is 0 Å². The molecule has 1 atom stereocenters. The van der Waals surface area contributed by atoms with Gasteiger partial charge in [0.05, 0.1) is 0 Å². The minimum Gasteiger partial charge on any atom is -0.287 e. The lowest BCUT2D eigenvalue weighted by Gasteiger charge is -2.16. The van der Waals surface area contributed by atoms with Crippen LogP contribution >= 0.6 is 27.7 Å². The van der Waals surface area contributed by atoms with Gasteiger partial charge in [0.2, 0.25) is 0 Å². The van der Waals surface area contributed by atoms with E-state index in [0.29, 0.717) is 10.4 Å². The normalized spacial score (nSPS) is 12.4. The number of rotatable bonds is 19. The molecular weight excluding hydrogens is 392 g/mol. The first-order valence-corrected chi connectivity index (χ1v) is 13.0. The van der Waals surface area contributed by atoms with Crippen LogP contribution in [-0.2, 0) is 4.79 Å². The number of halogens is 1. The van der Waals surface area contributed by atoms with Gasteiger partial charge in [-0.15, -0.1) is 0 Å². The summed E-state index contributed by atoms with van der Waals surface area (Å²) in [6, 6.07) is 0. The van der Waals surface area contributed by atoms with Gasteiger partial charge in [-0.3, -0.25) is 4.79 Å². The molecule has 0 radical (unpaired) electrons. The van der Waals surface area contributed by atoms with Gasteiger partial charge in [-0.05, 0) is 25.7 Å². The lowest BCUT2D eigenvalue weighted by molar-refractivity contribution is -0.111. The molecule has 0 spiro atoms. The van der Waals surface area contributed by atoms with Crippen molar-refractivity contribution in [1.82, 2.24) is 0 Å². The molecule has 0 heterocycles. The van der Waals surface area contributed by atoms with Gasteiger partial charge < -0.3 is 0 Å². The van der Waals surface area contributed by atoms with E-state index in [-0.39, 0.29) is 0 Å². The van der Waals surface area contributed by atoms with Crippen LogP contribution in [0.15, 0.2) is 0 Å². The maximum absolute atomic E-state index is 12.3.